The number of nitrogens with one attached hydrogen (secondary N) is 2. The van der Waals surface area contributed by atoms with E-state index in [4.69, 9.17) is 9.47 Å². The average molecular weight is 334 g/mol. The van der Waals surface area contributed by atoms with Gasteiger partial charge in [0.1, 0.15) is 5.75 Å². The molecule has 5 heteroatoms. The van der Waals surface area contributed by atoms with Crippen molar-refractivity contribution >= 4 is 5.91 Å². The Labute approximate surface area is 145 Å². The lowest BCUT2D eigenvalue weighted by Crippen LogP contribution is -2.47. The molecule has 1 aromatic carbocycles. The van der Waals surface area contributed by atoms with Crippen molar-refractivity contribution < 1.29 is 14.3 Å². The molecule has 1 aromatic rings. The average Bonchev–Trinajstić information content (AvgIpc) is 2.57. The van der Waals surface area contributed by atoms with Gasteiger partial charge in [0.05, 0.1) is 19.6 Å². The van der Waals surface area contributed by atoms with Gasteiger partial charge >= 0.3 is 0 Å². The van der Waals surface area contributed by atoms with Gasteiger partial charge in [-0.05, 0) is 57.0 Å². The second kappa shape index (κ2) is 9.04. The van der Waals surface area contributed by atoms with Gasteiger partial charge in [-0.25, -0.2) is 0 Å². The van der Waals surface area contributed by atoms with Gasteiger partial charge in [-0.15, -0.1) is 0 Å². The first-order valence-corrected chi connectivity index (χ1v) is 8.71. The molecule has 134 valence electrons. The summed E-state index contributed by atoms with van der Waals surface area (Å²) in [6.07, 6.45) is 2.43. The molecule has 24 heavy (non-hydrogen) atoms. The zero-order valence-corrected chi connectivity index (χ0v) is 15.1. The standard InChI is InChI=1S/C19H30N2O3/c1-15-4-5-16(2)17(12-15)24-11-6-18(22)21-13-19(14-23-3)7-9-20-10-8-19/h4-5,12,20H,6-11,13-14H2,1-3H3,(H,21,22). The molecular weight excluding hydrogens is 304 g/mol. The van der Waals surface area contributed by atoms with Gasteiger partial charge in [-0.3, -0.25) is 4.79 Å². The van der Waals surface area contributed by atoms with Crippen LogP contribution in [0.1, 0.15) is 30.4 Å². The smallest absolute Gasteiger partial charge is 0.223 e. The lowest BCUT2D eigenvalue weighted by atomic mass is 9.79. The first-order chi connectivity index (χ1) is 11.5. The van der Waals surface area contributed by atoms with Gasteiger partial charge in [0.2, 0.25) is 5.91 Å². The number of hydrogen-bond acceptors (Lipinski definition) is 4. The number of piperidine rings is 1. The minimum absolute atomic E-state index is 0.0364. The molecule has 0 unspecified atom stereocenters. The molecule has 1 aliphatic rings. The van der Waals surface area contributed by atoms with Crippen LogP contribution in [0.25, 0.3) is 0 Å². The highest BCUT2D eigenvalue weighted by atomic mass is 16.5. The maximum Gasteiger partial charge on any atom is 0.223 e. The molecule has 0 bridgehead atoms. The highest BCUT2D eigenvalue weighted by molar-refractivity contribution is 5.76. The van der Waals surface area contributed by atoms with E-state index in [9.17, 15) is 4.79 Å². The van der Waals surface area contributed by atoms with Gasteiger partial charge < -0.3 is 20.1 Å². The molecule has 1 heterocycles. The third-order valence-corrected chi connectivity index (χ3v) is 4.71. The van der Waals surface area contributed by atoms with Crippen molar-refractivity contribution in [1.29, 1.82) is 0 Å². The van der Waals surface area contributed by atoms with Crippen molar-refractivity contribution in [1.82, 2.24) is 10.6 Å². The van der Waals surface area contributed by atoms with Gasteiger partial charge in [0.25, 0.3) is 0 Å². The molecule has 2 N–H and O–H groups in total. The molecule has 2 rings (SSSR count). The van der Waals surface area contributed by atoms with Crippen molar-refractivity contribution in [2.75, 3.05) is 40.0 Å². The predicted molar refractivity (Wildman–Crippen MR) is 95.5 cm³/mol. The third kappa shape index (κ3) is 5.49. The summed E-state index contributed by atoms with van der Waals surface area (Å²) in [5, 5.41) is 6.42. The molecule has 0 aromatic heterocycles. The Hall–Kier alpha value is -1.59. The summed E-state index contributed by atoms with van der Waals surface area (Å²) in [6.45, 7) is 7.77. The van der Waals surface area contributed by atoms with Crippen LogP contribution in [0.5, 0.6) is 5.75 Å². The van der Waals surface area contributed by atoms with Crippen LogP contribution >= 0.6 is 0 Å². The Balaban J connectivity index is 1.75. The Morgan fingerprint density at radius 3 is 2.75 bits per heavy atom. The summed E-state index contributed by atoms with van der Waals surface area (Å²) in [6, 6.07) is 6.11. The number of methoxy groups -OCH3 is 1. The lowest BCUT2D eigenvalue weighted by Gasteiger charge is -2.37. The number of benzene rings is 1. The molecule has 0 saturated carbocycles. The van der Waals surface area contributed by atoms with Gasteiger partial charge in [-0.1, -0.05) is 12.1 Å². The van der Waals surface area contributed by atoms with Crippen LogP contribution in [-0.4, -0.2) is 45.9 Å². The number of hydrogen-bond donors (Lipinski definition) is 2. The van der Waals surface area contributed by atoms with E-state index in [2.05, 4.69) is 16.7 Å². The van der Waals surface area contributed by atoms with Crippen LogP contribution < -0.4 is 15.4 Å². The number of carbonyl (C=O) groups excluding carboxylic acids is 1. The number of rotatable bonds is 8. The van der Waals surface area contributed by atoms with E-state index in [1.54, 1.807) is 7.11 Å². The first kappa shape index (κ1) is 18.7. The van der Waals surface area contributed by atoms with Gasteiger partial charge in [0, 0.05) is 19.1 Å². The second-order valence-corrected chi connectivity index (χ2v) is 6.83. The molecule has 0 atom stereocenters. The summed E-state index contributed by atoms with van der Waals surface area (Å²) in [4.78, 5) is 12.1. The van der Waals surface area contributed by atoms with Crippen LogP contribution in [0.3, 0.4) is 0 Å². The molecule has 0 spiro atoms. The quantitative estimate of drug-likeness (QED) is 0.765. The predicted octanol–water partition coefficient (Wildman–Crippen LogP) is 2.20. The summed E-state index contributed by atoms with van der Waals surface area (Å²) in [5.74, 6) is 0.895. The molecule has 5 nitrogen and oxygen atoms in total. The van der Waals surface area contributed by atoms with Crippen molar-refractivity contribution in [2.24, 2.45) is 5.41 Å². The minimum Gasteiger partial charge on any atom is -0.493 e. The molecule has 1 amide bonds. The van der Waals surface area contributed by atoms with Crippen molar-refractivity contribution in [3.63, 3.8) is 0 Å². The SMILES string of the molecule is COCC1(CNC(=O)CCOc2cc(C)ccc2C)CCNCC1. The summed E-state index contributed by atoms with van der Waals surface area (Å²) in [7, 11) is 1.73. The Bertz CT molecular complexity index is 534. The zero-order valence-electron chi connectivity index (χ0n) is 15.1. The summed E-state index contributed by atoms with van der Waals surface area (Å²) < 4.78 is 11.1. The first-order valence-electron chi connectivity index (χ1n) is 8.71. The topological polar surface area (TPSA) is 59.6 Å². The third-order valence-electron chi connectivity index (χ3n) is 4.71. The highest BCUT2D eigenvalue weighted by Crippen LogP contribution is 2.28. The normalized spacial score (nSPS) is 16.6. The molecule has 1 saturated heterocycles. The van der Waals surface area contributed by atoms with E-state index in [1.165, 1.54) is 0 Å². The van der Waals surface area contributed by atoms with Crippen LogP contribution in [0, 0.1) is 19.3 Å². The molecule has 0 aliphatic carbocycles. The Morgan fingerprint density at radius 1 is 1.29 bits per heavy atom. The summed E-state index contributed by atoms with van der Waals surface area (Å²) in [5.41, 5.74) is 2.31. The van der Waals surface area contributed by atoms with Crippen molar-refractivity contribution in [3.05, 3.63) is 29.3 Å². The van der Waals surface area contributed by atoms with Crippen LogP contribution in [0.2, 0.25) is 0 Å². The monoisotopic (exact) mass is 334 g/mol. The van der Waals surface area contributed by atoms with Crippen molar-refractivity contribution in [2.45, 2.75) is 33.1 Å². The van der Waals surface area contributed by atoms with Crippen LogP contribution in [0.15, 0.2) is 18.2 Å². The number of aryl methyl sites for hydroxylation is 2. The van der Waals surface area contributed by atoms with E-state index >= 15 is 0 Å². The summed E-state index contributed by atoms with van der Waals surface area (Å²) >= 11 is 0. The van der Waals surface area contributed by atoms with E-state index in [0.29, 0.717) is 26.2 Å². The zero-order chi connectivity index (χ0) is 17.4. The number of amides is 1. The largest absolute Gasteiger partial charge is 0.493 e. The number of ether oxygens (including phenoxy) is 2. The van der Waals surface area contributed by atoms with E-state index in [1.807, 2.05) is 26.0 Å². The maximum absolute atomic E-state index is 12.1. The van der Waals surface area contributed by atoms with E-state index in [-0.39, 0.29) is 11.3 Å². The Kier molecular flexibility index (Phi) is 7.06. The fourth-order valence-electron chi connectivity index (χ4n) is 3.13. The minimum atomic E-state index is 0.0364. The maximum atomic E-state index is 12.1. The van der Waals surface area contributed by atoms with E-state index in [0.717, 1.165) is 42.8 Å². The lowest BCUT2D eigenvalue weighted by molar-refractivity contribution is -0.122. The van der Waals surface area contributed by atoms with E-state index < -0.39 is 0 Å². The fraction of sp³-hybridized carbons (Fsp3) is 0.632. The highest BCUT2D eigenvalue weighted by Gasteiger charge is 2.32. The molecule has 1 fully saturated rings. The molecule has 0 radical (unpaired) electrons. The van der Waals surface area contributed by atoms with Crippen molar-refractivity contribution in [3.8, 4) is 5.75 Å². The number of carbonyl (C=O) groups is 1. The van der Waals surface area contributed by atoms with Gasteiger partial charge in [0.15, 0.2) is 0 Å². The second-order valence-electron chi connectivity index (χ2n) is 6.83. The molecule has 1 aliphatic heterocycles. The molecular formula is C19H30N2O3. The van der Waals surface area contributed by atoms with Crippen LogP contribution in [-0.2, 0) is 9.53 Å². The Morgan fingerprint density at radius 2 is 2.04 bits per heavy atom. The van der Waals surface area contributed by atoms with Crippen LogP contribution in [0.4, 0.5) is 0 Å². The fourth-order valence-corrected chi connectivity index (χ4v) is 3.13. The van der Waals surface area contributed by atoms with Gasteiger partial charge in [-0.2, -0.15) is 0 Å².